The van der Waals surface area contributed by atoms with Gasteiger partial charge in [-0.3, -0.25) is 9.59 Å². The second kappa shape index (κ2) is 5.85. The van der Waals surface area contributed by atoms with Crippen molar-refractivity contribution in [3.63, 3.8) is 0 Å². The highest BCUT2D eigenvalue weighted by Gasteiger charge is 2.29. The topological polar surface area (TPSA) is 86.7 Å². The van der Waals surface area contributed by atoms with Crippen LogP contribution in [0.25, 0.3) is 0 Å². The molecular formula is C14H18N2O4S. The average molecular weight is 310 g/mol. The van der Waals surface area contributed by atoms with Crippen molar-refractivity contribution in [3.8, 4) is 0 Å². The molecular weight excluding hydrogens is 292 g/mol. The van der Waals surface area contributed by atoms with Gasteiger partial charge in [0.1, 0.15) is 5.00 Å². The molecule has 0 spiro atoms. The fourth-order valence-electron chi connectivity index (χ4n) is 2.24. The van der Waals surface area contributed by atoms with Gasteiger partial charge in [-0.05, 0) is 12.0 Å². The van der Waals surface area contributed by atoms with Crippen LogP contribution >= 0.6 is 11.3 Å². The predicted molar refractivity (Wildman–Crippen MR) is 79.5 cm³/mol. The normalized spacial score (nSPS) is 14.0. The lowest BCUT2D eigenvalue weighted by molar-refractivity contribution is -0.129. The van der Waals surface area contributed by atoms with Crippen LogP contribution in [0, 0.1) is 5.92 Å². The lowest BCUT2D eigenvalue weighted by Crippen LogP contribution is -2.33. The number of amides is 2. The van der Waals surface area contributed by atoms with Gasteiger partial charge < -0.3 is 15.3 Å². The summed E-state index contributed by atoms with van der Waals surface area (Å²) < 4.78 is 0. The minimum absolute atomic E-state index is 0.0290. The molecule has 0 aromatic carbocycles. The van der Waals surface area contributed by atoms with E-state index in [4.69, 9.17) is 0 Å². The summed E-state index contributed by atoms with van der Waals surface area (Å²) in [5.74, 6) is -1.50. The number of nitrogens with zero attached hydrogens (tertiary/aromatic N) is 1. The largest absolute Gasteiger partial charge is 0.478 e. The Kier molecular flexibility index (Phi) is 4.32. The fraction of sp³-hybridized carbons (Fsp3) is 0.500. The van der Waals surface area contributed by atoms with Crippen LogP contribution in [0.4, 0.5) is 5.00 Å². The van der Waals surface area contributed by atoms with E-state index in [-0.39, 0.29) is 23.3 Å². The van der Waals surface area contributed by atoms with Gasteiger partial charge in [-0.2, -0.15) is 0 Å². The van der Waals surface area contributed by atoms with Gasteiger partial charge in [0, 0.05) is 24.3 Å². The number of carboxylic acid groups (broad SMARTS) is 1. The van der Waals surface area contributed by atoms with E-state index in [1.807, 2.05) is 0 Å². The summed E-state index contributed by atoms with van der Waals surface area (Å²) in [4.78, 5) is 37.3. The van der Waals surface area contributed by atoms with Gasteiger partial charge in [-0.15, -0.1) is 11.3 Å². The number of carbonyl (C=O) groups excluding carboxylic acids is 2. The van der Waals surface area contributed by atoms with Crippen LogP contribution in [-0.4, -0.2) is 34.3 Å². The van der Waals surface area contributed by atoms with Gasteiger partial charge in [-0.25, -0.2) is 4.79 Å². The van der Waals surface area contributed by atoms with Crippen LogP contribution in [0.1, 0.15) is 41.6 Å². The zero-order valence-corrected chi connectivity index (χ0v) is 13.0. The Bertz CT molecular complexity index is 606. The Hall–Kier alpha value is -1.89. The second-order valence-electron chi connectivity index (χ2n) is 5.35. The molecule has 2 amide bonds. The molecule has 1 aromatic rings. The second-order valence-corrected chi connectivity index (χ2v) is 6.45. The van der Waals surface area contributed by atoms with Crippen molar-refractivity contribution >= 4 is 34.1 Å². The summed E-state index contributed by atoms with van der Waals surface area (Å²) in [5.41, 5.74) is 0.913. The highest BCUT2D eigenvalue weighted by atomic mass is 32.1. The van der Waals surface area contributed by atoms with Crippen LogP contribution in [0.15, 0.2) is 0 Å². The number of aromatic carboxylic acids is 1. The lowest BCUT2D eigenvalue weighted by Gasteiger charge is -2.25. The molecule has 0 saturated heterocycles. The molecule has 0 atom stereocenters. The first-order valence-electron chi connectivity index (χ1n) is 6.75. The third-order valence-corrected chi connectivity index (χ3v) is 4.61. The van der Waals surface area contributed by atoms with Gasteiger partial charge >= 0.3 is 5.97 Å². The van der Waals surface area contributed by atoms with Crippen LogP contribution in [0.3, 0.4) is 0 Å². The van der Waals surface area contributed by atoms with E-state index in [1.54, 1.807) is 18.7 Å². The first kappa shape index (κ1) is 15.5. The zero-order chi connectivity index (χ0) is 15.7. The number of fused-ring (bicyclic) bond motifs is 1. The van der Waals surface area contributed by atoms with E-state index in [2.05, 4.69) is 5.32 Å². The van der Waals surface area contributed by atoms with E-state index < -0.39 is 5.97 Å². The van der Waals surface area contributed by atoms with Gasteiger partial charge in [0.05, 0.1) is 12.1 Å². The SMILES string of the molecule is CC(=O)N1CCc2c(sc(NC(=O)C(C)C)c2C(=O)O)C1. The molecule has 1 aliphatic heterocycles. The molecule has 0 fully saturated rings. The maximum atomic E-state index is 11.8. The minimum Gasteiger partial charge on any atom is -0.478 e. The van der Waals surface area contributed by atoms with Crippen molar-refractivity contribution in [2.24, 2.45) is 5.92 Å². The van der Waals surface area contributed by atoms with Gasteiger partial charge in [0.15, 0.2) is 0 Å². The number of carboxylic acids is 1. The molecule has 6 nitrogen and oxygen atoms in total. The summed E-state index contributed by atoms with van der Waals surface area (Å²) in [5, 5.41) is 12.5. The minimum atomic E-state index is -1.04. The van der Waals surface area contributed by atoms with Crippen molar-refractivity contribution < 1.29 is 19.5 Å². The Morgan fingerprint density at radius 1 is 1.33 bits per heavy atom. The van der Waals surface area contributed by atoms with Crippen molar-refractivity contribution in [3.05, 3.63) is 16.0 Å². The number of hydrogen-bond donors (Lipinski definition) is 2. The average Bonchev–Trinajstić information content (AvgIpc) is 2.74. The third-order valence-electron chi connectivity index (χ3n) is 3.48. The van der Waals surface area contributed by atoms with E-state index >= 15 is 0 Å². The number of nitrogens with one attached hydrogen (secondary N) is 1. The van der Waals surface area contributed by atoms with E-state index in [1.165, 1.54) is 18.3 Å². The Labute approximate surface area is 126 Å². The molecule has 7 heteroatoms. The molecule has 1 aromatic heterocycles. The maximum absolute atomic E-state index is 11.8. The number of carbonyl (C=O) groups is 3. The molecule has 0 unspecified atom stereocenters. The maximum Gasteiger partial charge on any atom is 0.339 e. The first-order valence-corrected chi connectivity index (χ1v) is 7.57. The fourth-order valence-corrected chi connectivity index (χ4v) is 3.50. The van der Waals surface area contributed by atoms with Gasteiger partial charge in [0.2, 0.25) is 11.8 Å². The molecule has 0 aliphatic carbocycles. The monoisotopic (exact) mass is 310 g/mol. The molecule has 2 rings (SSSR count). The van der Waals surface area contributed by atoms with Crippen LogP contribution in [-0.2, 0) is 22.6 Å². The van der Waals surface area contributed by atoms with Crippen molar-refractivity contribution in [2.75, 3.05) is 11.9 Å². The third kappa shape index (κ3) is 3.07. The van der Waals surface area contributed by atoms with E-state index in [0.29, 0.717) is 24.5 Å². The van der Waals surface area contributed by atoms with E-state index in [9.17, 15) is 19.5 Å². The Morgan fingerprint density at radius 3 is 2.52 bits per heavy atom. The van der Waals surface area contributed by atoms with Crippen LogP contribution in [0.5, 0.6) is 0 Å². The summed E-state index contributed by atoms with van der Waals surface area (Å²) in [6.45, 7) is 5.92. The summed E-state index contributed by atoms with van der Waals surface area (Å²) >= 11 is 1.25. The number of rotatable bonds is 3. The summed E-state index contributed by atoms with van der Waals surface area (Å²) in [6, 6.07) is 0. The molecule has 0 bridgehead atoms. The smallest absolute Gasteiger partial charge is 0.339 e. The first-order chi connectivity index (χ1) is 9.81. The zero-order valence-electron chi connectivity index (χ0n) is 12.2. The Balaban J connectivity index is 2.37. The van der Waals surface area contributed by atoms with Gasteiger partial charge in [-0.1, -0.05) is 13.8 Å². The summed E-state index contributed by atoms with van der Waals surface area (Å²) in [6.07, 6.45) is 0.505. The molecule has 0 saturated carbocycles. The van der Waals surface area contributed by atoms with Crippen molar-refractivity contribution in [2.45, 2.75) is 33.7 Å². The number of thiophene rings is 1. The molecule has 2 heterocycles. The molecule has 0 radical (unpaired) electrons. The van der Waals surface area contributed by atoms with Crippen LogP contribution < -0.4 is 5.32 Å². The van der Waals surface area contributed by atoms with Crippen molar-refractivity contribution in [1.29, 1.82) is 0 Å². The molecule has 1 aliphatic rings. The predicted octanol–water partition coefficient (Wildman–Crippen LogP) is 1.95. The standard InChI is InChI=1S/C14H18N2O4S/c1-7(2)12(18)15-13-11(14(19)20)9-4-5-16(8(3)17)6-10(9)21-13/h7H,4-6H2,1-3H3,(H,15,18)(H,19,20). The Morgan fingerprint density at radius 2 is 2.00 bits per heavy atom. The molecule has 2 N–H and O–H groups in total. The quantitative estimate of drug-likeness (QED) is 0.893. The van der Waals surface area contributed by atoms with Crippen LogP contribution in [0.2, 0.25) is 0 Å². The highest BCUT2D eigenvalue weighted by molar-refractivity contribution is 7.17. The number of anilines is 1. The molecule has 21 heavy (non-hydrogen) atoms. The highest BCUT2D eigenvalue weighted by Crippen LogP contribution is 2.37. The van der Waals surface area contributed by atoms with Crippen molar-refractivity contribution in [1.82, 2.24) is 4.90 Å². The summed E-state index contributed by atoms with van der Waals surface area (Å²) in [7, 11) is 0. The lowest BCUT2D eigenvalue weighted by atomic mass is 10.0. The van der Waals surface area contributed by atoms with E-state index in [0.717, 1.165) is 10.4 Å². The van der Waals surface area contributed by atoms with Gasteiger partial charge in [0.25, 0.3) is 0 Å². The number of hydrogen-bond acceptors (Lipinski definition) is 4. The molecule has 114 valence electrons.